The highest BCUT2D eigenvalue weighted by molar-refractivity contribution is 5.94. The van der Waals surface area contributed by atoms with Crippen LogP contribution in [0.4, 0.5) is 0 Å². The minimum absolute atomic E-state index is 0.0385. The van der Waals surface area contributed by atoms with E-state index in [1.807, 2.05) is 47.3 Å². The van der Waals surface area contributed by atoms with Gasteiger partial charge < -0.3 is 5.32 Å². The van der Waals surface area contributed by atoms with E-state index in [9.17, 15) is 4.79 Å². The predicted molar refractivity (Wildman–Crippen MR) is 115 cm³/mol. The van der Waals surface area contributed by atoms with Crippen molar-refractivity contribution in [2.75, 3.05) is 13.1 Å². The van der Waals surface area contributed by atoms with Gasteiger partial charge in [0.25, 0.3) is 5.91 Å². The largest absolute Gasteiger partial charge is 0.348 e. The third-order valence-electron chi connectivity index (χ3n) is 5.52. The van der Waals surface area contributed by atoms with Gasteiger partial charge >= 0.3 is 0 Å². The first kappa shape index (κ1) is 19.4. The zero-order valence-electron chi connectivity index (χ0n) is 16.8. The molecule has 5 heteroatoms. The lowest BCUT2D eigenvalue weighted by Crippen LogP contribution is -2.30. The van der Waals surface area contributed by atoms with E-state index in [1.165, 1.54) is 43.5 Å². The maximum Gasteiger partial charge on any atom is 0.251 e. The molecule has 1 aliphatic rings. The maximum atomic E-state index is 12.6. The normalized spacial score (nSPS) is 14.6. The Balaban J connectivity index is 1.34. The second kappa shape index (κ2) is 9.52. The molecule has 29 heavy (non-hydrogen) atoms. The SMILES string of the molecule is O=C(NCc1ccccc1CN1CCCCC1)c1ccc(Cn2cccn2)cc1. The van der Waals surface area contributed by atoms with Gasteiger partial charge in [-0.3, -0.25) is 14.4 Å². The summed E-state index contributed by atoms with van der Waals surface area (Å²) in [4.78, 5) is 15.1. The monoisotopic (exact) mass is 388 g/mol. The molecule has 3 aromatic rings. The minimum Gasteiger partial charge on any atom is -0.348 e. The Morgan fingerprint density at radius 2 is 1.66 bits per heavy atom. The second-order valence-corrected chi connectivity index (χ2v) is 7.69. The number of nitrogens with one attached hydrogen (secondary N) is 1. The van der Waals surface area contributed by atoms with Crippen LogP contribution in [-0.2, 0) is 19.6 Å². The fourth-order valence-corrected chi connectivity index (χ4v) is 3.86. The van der Waals surface area contributed by atoms with Gasteiger partial charge in [-0.1, -0.05) is 42.8 Å². The summed E-state index contributed by atoms with van der Waals surface area (Å²) >= 11 is 0. The average Bonchev–Trinajstić information content (AvgIpc) is 3.27. The third kappa shape index (κ3) is 5.33. The number of carbonyl (C=O) groups is 1. The zero-order valence-corrected chi connectivity index (χ0v) is 16.8. The van der Waals surface area contributed by atoms with Crippen LogP contribution < -0.4 is 5.32 Å². The van der Waals surface area contributed by atoms with Crippen molar-refractivity contribution >= 4 is 5.91 Å². The van der Waals surface area contributed by atoms with E-state index in [-0.39, 0.29) is 5.91 Å². The fourth-order valence-electron chi connectivity index (χ4n) is 3.86. The van der Waals surface area contributed by atoms with Crippen molar-refractivity contribution in [2.24, 2.45) is 0 Å². The van der Waals surface area contributed by atoms with Gasteiger partial charge in [0.1, 0.15) is 0 Å². The van der Waals surface area contributed by atoms with Crippen molar-refractivity contribution in [2.45, 2.75) is 38.9 Å². The summed E-state index contributed by atoms with van der Waals surface area (Å²) in [5.74, 6) is -0.0385. The lowest BCUT2D eigenvalue weighted by molar-refractivity contribution is 0.0950. The molecule has 1 amide bonds. The molecule has 0 radical (unpaired) electrons. The number of benzene rings is 2. The molecule has 1 aliphatic heterocycles. The lowest BCUT2D eigenvalue weighted by Gasteiger charge is -2.27. The number of hydrogen-bond acceptors (Lipinski definition) is 3. The number of piperidine rings is 1. The van der Waals surface area contributed by atoms with E-state index in [0.717, 1.165) is 12.1 Å². The van der Waals surface area contributed by atoms with Crippen molar-refractivity contribution in [1.82, 2.24) is 20.0 Å². The molecule has 1 N–H and O–H groups in total. The minimum atomic E-state index is -0.0385. The quantitative estimate of drug-likeness (QED) is 0.669. The zero-order chi connectivity index (χ0) is 19.9. The van der Waals surface area contributed by atoms with Gasteiger partial charge in [0.05, 0.1) is 6.54 Å². The highest BCUT2D eigenvalue weighted by Gasteiger charge is 2.13. The molecule has 2 aromatic carbocycles. The van der Waals surface area contributed by atoms with Crippen LogP contribution in [0.25, 0.3) is 0 Å². The van der Waals surface area contributed by atoms with Crippen molar-refractivity contribution in [1.29, 1.82) is 0 Å². The Bertz CT molecular complexity index is 912. The first-order valence-corrected chi connectivity index (χ1v) is 10.4. The maximum absolute atomic E-state index is 12.6. The van der Waals surface area contributed by atoms with E-state index in [4.69, 9.17) is 0 Å². The van der Waals surface area contributed by atoms with E-state index in [0.29, 0.717) is 18.7 Å². The number of aromatic nitrogens is 2. The van der Waals surface area contributed by atoms with E-state index in [1.54, 1.807) is 6.20 Å². The highest BCUT2D eigenvalue weighted by atomic mass is 16.1. The molecule has 0 spiro atoms. The molecule has 5 nitrogen and oxygen atoms in total. The Morgan fingerprint density at radius 3 is 2.38 bits per heavy atom. The van der Waals surface area contributed by atoms with Gasteiger partial charge in [0.15, 0.2) is 0 Å². The molecule has 1 aromatic heterocycles. The Hall–Kier alpha value is -2.92. The molecule has 150 valence electrons. The smallest absolute Gasteiger partial charge is 0.251 e. The highest BCUT2D eigenvalue weighted by Crippen LogP contribution is 2.16. The molecular weight excluding hydrogens is 360 g/mol. The van der Waals surface area contributed by atoms with Crippen molar-refractivity contribution in [3.63, 3.8) is 0 Å². The number of likely N-dealkylation sites (tertiary alicyclic amines) is 1. The Labute approximate surface area is 172 Å². The van der Waals surface area contributed by atoms with Crippen LogP contribution in [0.1, 0.15) is 46.3 Å². The summed E-state index contributed by atoms with van der Waals surface area (Å²) in [5, 5.41) is 7.30. The molecule has 0 aliphatic carbocycles. The van der Waals surface area contributed by atoms with Crippen LogP contribution in [-0.4, -0.2) is 33.7 Å². The molecular formula is C24H28N4O. The van der Waals surface area contributed by atoms with Gasteiger partial charge in [-0.2, -0.15) is 5.10 Å². The van der Waals surface area contributed by atoms with Crippen molar-refractivity contribution < 1.29 is 4.79 Å². The van der Waals surface area contributed by atoms with Gasteiger partial charge in [-0.25, -0.2) is 0 Å². The van der Waals surface area contributed by atoms with E-state index < -0.39 is 0 Å². The number of carbonyl (C=O) groups excluding carboxylic acids is 1. The number of amides is 1. The van der Waals surface area contributed by atoms with Crippen LogP contribution >= 0.6 is 0 Å². The molecule has 0 unspecified atom stereocenters. The van der Waals surface area contributed by atoms with Crippen LogP contribution in [0, 0.1) is 0 Å². The third-order valence-corrected chi connectivity index (χ3v) is 5.52. The van der Waals surface area contributed by atoms with E-state index >= 15 is 0 Å². The van der Waals surface area contributed by atoms with Gasteiger partial charge in [-0.05, 0) is 60.8 Å². The number of nitrogens with zero attached hydrogens (tertiary/aromatic N) is 3. The average molecular weight is 389 g/mol. The lowest BCUT2D eigenvalue weighted by atomic mass is 10.0. The first-order valence-electron chi connectivity index (χ1n) is 10.4. The number of hydrogen-bond donors (Lipinski definition) is 1. The predicted octanol–water partition coefficient (Wildman–Crippen LogP) is 3.85. The Morgan fingerprint density at radius 1 is 0.897 bits per heavy atom. The first-order chi connectivity index (χ1) is 14.3. The summed E-state index contributed by atoms with van der Waals surface area (Å²) in [6, 6.07) is 18.1. The van der Waals surface area contributed by atoms with Gasteiger partial charge in [-0.15, -0.1) is 0 Å². The van der Waals surface area contributed by atoms with Crippen LogP contribution in [0.15, 0.2) is 67.0 Å². The standard InChI is InChI=1S/C24H28N4O/c29-24(21-11-9-20(10-12-21)18-28-16-6-13-26-28)25-17-22-7-2-3-8-23(22)19-27-14-4-1-5-15-27/h2-3,6-13,16H,1,4-5,14-15,17-19H2,(H,25,29). The summed E-state index contributed by atoms with van der Waals surface area (Å²) in [7, 11) is 0. The van der Waals surface area contributed by atoms with Gasteiger partial charge in [0.2, 0.25) is 0 Å². The van der Waals surface area contributed by atoms with Crippen LogP contribution in [0.2, 0.25) is 0 Å². The molecule has 0 bridgehead atoms. The Kier molecular flexibility index (Phi) is 6.37. The molecule has 0 atom stereocenters. The summed E-state index contributed by atoms with van der Waals surface area (Å²) in [6.07, 6.45) is 7.62. The fraction of sp³-hybridized carbons (Fsp3) is 0.333. The number of rotatable bonds is 7. The molecule has 0 saturated carbocycles. The summed E-state index contributed by atoms with van der Waals surface area (Å²) in [6.45, 7) is 4.57. The second-order valence-electron chi connectivity index (χ2n) is 7.69. The molecule has 4 rings (SSSR count). The summed E-state index contributed by atoms with van der Waals surface area (Å²) in [5.41, 5.74) is 4.31. The van der Waals surface area contributed by atoms with Crippen molar-refractivity contribution in [3.8, 4) is 0 Å². The van der Waals surface area contributed by atoms with E-state index in [2.05, 4.69) is 33.5 Å². The van der Waals surface area contributed by atoms with Gasteiger partial charge in [0, 0.05) is 31.0 Å². The molecule has 2 heterocycles. The van der Waals surface area contributed by atoms with Crippen LogP contribution in [0.5, 0.6) is 0 Å². The molecule has 1 saturated heterocycles. The van der Waals surface area contributed by atoms with Crippen molar-refractivity contribution in [3.05, 3.63) is 89.2 Å². The summed E-state index contributed by atoms with van der Waals surface area (Å²) < 4.78 is 1.87. The van der Waals surface area contributed by atoms with Crippen LogP contribution in [0.3, 0.4) is 0 Å². The topological polar surface area (TPSA) is 50.2 Å². The molecule has 1 fully saturated rings.